The Morgan fingerprint density at radius 1 is 1.18 bits per heavy atom. The summed E-state index contributed by atoms with van der Waals surface area (Å²) >= 11 is 5.37. The molecule has 0 aliphatic carbocycles. The summed E-state index contributed by atoms with van der Waals surface area (Å²) in [7, 11) is 0. The zero-order valence-corrected chi connectivity index (χ0v) is 13.6. The van der Waals surface area contributed by atoms with E-state index in [0.29, 0.717) is 11.5 Å². The van der Waals surface area contributed by atoms with Gasteiger partial charge in [-0.2, -0.15) is 5.26 Å². The molecule has 2 N–H and O–H groups in total. The van der Waals surface area contributed by atoms with Crippen LogP contribution in [0, 0.1) is 18.3 Å². The van der Waals surface area contributed by atoms with E-state index in [1.165, 1.54) is 11.1 Å². The molecule has 0 spiro atoms. The van der Waals surface area contributed by atoms with Crippen molar-refractivity contribution >= 4 is 23.0 Å². The lowest BCUT2D eigenvalue weighted by atomic mass is 10.0. The quantitative estimate of drug-likeness (QED) is 0.835. The third kappa shape index (κ3) is 4.31. The average molecular weight is 309 g/mol. The molecule has 0 heterocycles. The molecule has 0 saturated heterocycles. The number of anilines is 1. The molecule has 3 nitrogen and oxygen atoms in total. The highest BCUT2D eigenvalue weighted by Crippen LogP contribution is 2.17. The Morgan fingerprint density at radius 2 is 1.86 bits per heavy atom. The third-order valence-electron chi connectivity index (χ3n) is 3.50. The molecule has 0 fully saturated rings. The minimum atomic E-state index is 0.138. The highest BCUT2D eigenvalue weighted by Gasteiger charge is 2.09. The normalized spacial score (nSPS) is 11.3. The number of nitrogens with zero attached hydrogens (tertiary/aromatic N) is 1. The van der Waals surface area contributed by atoms with Gasteiger partial charge in [0.25, 0.3) is 0 Å². The van der Waals surface area contributed by atoms with E-state index in [9.17, 15) is 0 Å². The zero-order chi connectivity index (χ0) is 15.9. The Hall–Kier alpha value is -2.38. The van der Waals surface area contributed by atoms with Gasteiger partial charge in [0.05, 0.1) is 18.5 Å². The number of nitriles is 1. The fourth-order valence-corrected chi connectivity index (χ4v) is 2.61. The van der Waals surface area contributed by atoms with Crippen molar-refractivity contribution in [3.05, 3.63) is 65.2 Å². The van der Waals surface area contributed by atoms with Gasteiger partial charge in [0.1, 0.15) is 0 Å². The molecule has 112 valence electrons. The number of benzene rings is 2. The Balaban J connectivity index is 1.95. The first kappa shape index (κ1) is 16.0. The summed E-state index contributed by atoms with van der Waals surface area (Å²) in [4.78, 5) is 0. The van der Waals surface area contributed by atoms with Crippen LogP contribution in [0.2, 0.25) is 0 Å². The lowest BCUT2D eigenvalue weighted by Gasteiger charge is -2.19. The summed E-state index contributed by atoms with van der Waals surface area (Å²) in [6, 6.07) is 18.3. The van der Waals surface area contributed by atoms with E-state index in [2.05, 4.69) is 42.7 Å². The number of nitrogens with one attached hydrogen (secondary N) is 2. The van der Waals surface area contributed by atoms with E-state index in [0.717, 1.165) is 11.3 Å². The SMILES string of the molecule is Cc1ccccc1C(C)NC(=S)Nc1ccc(CC#N)cc1. The van der Waals surface area contributed by atoms with Crippen molar-refractivity contribution in [2.24, 2.45) is 0 Å². The van der Waals surface area contributed by atoms with Gasteiger partial charge < -0.3 is 10.6 Å². The van der Waals surface area contributed by atoms with E-state index in [1.807, 2.05) is 36.4 Å². The third-order valence-corrected chi connectivity index (χ3v) is 3.72. The summed E-state index contributed by atoms with van der Waals surface area (Å²) in [5, 5.41) is 15.7. The smallest absolute Gasteiger partial charge is 0.171 e. The van der Waals surface area contributed by atoms with Crippen LogP contribution in [0.15, 0.2) is 48.5 Å². The fourth-order valence-electron chi connectivity index (χ4n) is 2.31. The van der Waals surface area contributed by atoms with Crippen LogP contribution in [0.25, 0.3) is 0 Å². The van der Waals surface area contributed by atoms with E-state index >= 15 is 0 Å². The minimum Gasteiger partial charge on any atom is -0.356 e. The number of hydrogen-bond donors (Lipinski definition) is 2. The van der Waals surface area contributed by atoms with E-state index in [1.54, 1.807) is 0 Å². The maximum atomic E-state index is 8.67. The minimum absolute atomic E-state index is 0.138. The summed E-state index contributed by atoms with van der Waals surface area (Å²) in [6.45, 7) is 4.18. The molecular weight excluding hydrogens is 290 g/mol. The highest BCUT2D eigenvalue weighted by atomic mass is 32.1. The van der Waals surface area contributed by atoms with Gasteiger partial charge in [-0.25, -0.2) is 0 Å². The molecule has 0 saturated carbocycles. The second kappa shape index (κ2) is 7.58. The standard InChI is InChI=1S/C18H19N3S/c1-13-5-3-4-6-17(13)14(2)20-18(22)21-16-9-7-15(8-10-16)11-12-19/h3-10,14H,11H2,1-2H3,(H2,20,21,22). The van der Waals surface area contributed by atoms with Crippen molar-refractivity contribution in [2.75, 3.05) is 5.32 Å². The fraction of sp³-hybridized carbons (Fsp3) is 0.222. The van der Waals surface area contributed by atoms with E-state index in [4.69, 9.17) is 17.5 Å². The molecule has 2 rings (SSSR count). The number of rotatable bonds is 4. The molecule has 22 heavy (non-hydrogen) atoms. The molecule has 0 aliphatic heterocycles. The van der Waals surface area contributed by atoms with Gasteiger partial charge in [-0.1, -0.05) is 36.4 Å². The molecule has 1 unspecified atom stereocenters. The van der Waals surface area contributed by atoms with Crippen LogP contribution in [0.4, 0.5) is 5.69 Å². The van der Waals surface area contributed by atoms with Crippen molar-refractivity contribution in [3.63, 3.8) is 0 Å². The second-order valence-electron chi connectivity index (χ2n) is 5.21. The Kier molecular flexibility index (Phi) is 5.51. The second-order valence-corrected chi connectivity index (χ2v) is 5.62. The Morgan fingerprint density at radius 3 is 2.50 bits per heavy atom. The summed E-state index contributed by atoms with van der Waals surface area (Å²) in [6.07, 6.45) is 0.424. The molecule has 4 heteroatoms. The first-order valence-electron chi connectivity index (χ1n) is 7.19. The van der Waals surface area contributed by atoms with Crippen molar-refractivity contribution < 1.29 is 0 Å². The van der Waals surface area contributed by atoms with Gasteiger partial charge in [-0.05, 0) is 54.9 Å². The first-order chi connectivity index (χ1) is 10.6. The maximum absolute atomic E-state index is 8.67. The van der Waals surface area contributed by atoms with E-state index < -0.39 is 0 Å². The predicted octanol–water partition coefficient (Wildman–Crippen LogP) is 4.11. The van der Waals surface area contributed by atoms with Gasteiger partial charge in [0.2, 0.25) is 0 Å². The predicted molar refractivity (Wildman–Crippen MR) is 94.7 cm³/mol. The molecule has 1 atom stereocenters. The van der Waals surface area contributed by atoms with Crippen LogP contribution in [0.5, 0.6) is 0 Å². The van der Waals surface area contributed by atoms with Crippen LogP contribution in [0.3, 0.4) is 0 Å². The van der Waals surface area contributed by atoms with Gasteiger partial charge in [-0.15, -0.1) is 0 Å². The molecule has 2 aromatic rings. The number of aryl methyl sites for hydroxylation is 1. The van der Waals surface area contributed by atoms with Crippen LogP contribution in [0.1, 0.15) is 29.7 Å². The molecule has 2 aromatic carbocycles. The maximum Gasteiger partial charge on any atom is 0.171 e. The summed E-state index contributed by atoms with van der Waals surface area (Å²) in [5.74, 6) is 0. The zero-order valence-electron chi connectivity index (χ0n) is 12.8. The summed E-state index contributed by atoms with van der Waals surface area (Å²) in [5.41, 5.74) is 4.39. The molecule has 0 radical (unpaired) electrons. The van der Waals surface area contributed by atoms with Crippen molar-refractivity contribution in [3.8, 4) is 6.07 Å². The monoisotopic (exact) mass is 309 g/mol. The van der Waals surface area contributed by atoms with Crippen LogP contribution >= 0.6 is 12.2 Å². The van der Waals surface area contributed by atoms with Gasteiger partial charge in [-0.3, -0.25) is 0 Å². The average Bonchev–Trinajstić information content (AvgIpc) is 2.50. The largest absolute Gasteiger partial charge is 0.356 e. The van der Waals surface area contributed by atoms with Crippen molar-refractivity contribution in [1.82, 2.24) is 5.32 Å². The lowest BCUT2D eigenvalue weighted by molar-refractivity contribution is 0.717. The van der Waals surface area contributed by atoms with Crippen molar-refractivity contribution in [2.45, 2.75) is 26.3 Å². The van der Waals surface area contributed by atoms with Crippen molar-refractivity contribution in [1.29, 1.82) is 5.26 Å². The molecule has 0 aliphatic rings. The highest BCUT2D eigenvalue weighted by molar-refractivity contribution is 7.80. The van der Waals surface area contributed by atoms with E-state index in [-0.39, 0.29) is 6.04 Å². The molecule has 0 aromatic heterocycles. The van der Waals surface area contributed by atoms with Gasteiger partial charge in [0.15, 0.2) is 5.11 Å². The van der Waals surface area contributed by atoms with Gasteiger partial charge >= 0.3 is 0 Å². The molecule has 0 amide bonds. The first-order valence-corrected chi connectivity index (χ1v) is 7.60. The molecule has 0 bridgehead atoms. The van der Waals surface area contributed by atoms with Crippen LogP contribution in [-0.4, -0.2) is 5.11 Å². The van der Waals surface area contributed by atoms with Crippen LogP contribution < -0.4 is 10.6 Å². The summed E-state index contributed by atoms with van der Waals surface area (Å²) < 4.78 is 0. The molecular formula is C18H19N3S. The topological polar surface area (TPSA) is 47.8 Å². The Bertz CT molecular complexity index is 686. The van der Waals surface area contributed by atoms with Gasteiger partial charge in [0, 0.05) is 5.69 Å². The van der Waals surface area contributed by atoms with Crippen LogP contribution in [-0.2, 0) is 6.42 Å². The Labute approximate surface area is 137 Å². The lowest BCUT2D eigenvalue weighted by Crippen LogP contribution is -2.31. The number of hydrogen-bond acceptors (Lipinski definition) is 2. The number of thiocarbonyl (C=S) groups is 1.